The van der Waals surface area contributed by atoms with Crippen LogP contribution in [-0.2, 0) is 4.74 Å². The summed E-state index contributed by atoms with van der Waals surface area (Å²) in [6.07, 6.45) is 4.34. The SMILES string of the molecule is CCCCC(COC)NC(C)(C)CCO. The van der Waals surface area contributed by atoms with Gasteiger partial charge in [0.15, 0.2) is 0 Å². The second-order valence-corrected chi connectivity index (χ2v) is 4.80. The normalized spacial score (nSPS) is 14.2. The highest BCUT2D eigenvalue weighted by atomic mass is 16.5. The van der Waals surface area contributed by atoms with Gasteiger partial charge < -0.3 is 15.2 Å². The average molecular weight is 217 g/mol. The van der Waals surface area contributed by atoms with E-state index in [0.717, 1.165) is 19.4 Å². The molecule has 0 rings (SSSR count). The lowest BCUT2D eigenvalue weighted by atomic mass is 9.98. The first-order valence-electron chi connectivity index (χ1n) is 5.93. The molecular formula is C12H27NO2. The largest absolute Gasteiger partial charge is 0.396 e. The molecule has 0 amide bonds. The van der Waals surface area contributed by atoms with Gasteiger partial charge in [-0.05, 0) is 26.7 Å². The van der Waals surface area contributed by atoms with E-state index in [2.05, 4.69) is 26.1 Å². The monoisotopic (exact) mass is 217 g/mol. The van der Waals surface area contributed by atoms with Crippen LogP contribution in [0.5, 0.6) is 0 Å². The maximum atomic E-state index is 8.95. The van der Waals surface area contributed by atoms with E-state index >= 15 is 0 Å². The van der Waals surface area contributed by atoms with Crippen molar-refractivity contribution in [2.24, 2.45) is 0 Å². The quantitative estimate of drug-likeness (QED) is 0.620. The molecule has 1 unspecified atom stereocenters. The predicted octanol–water partition coefficient (Wildman–Crippen LogP) is 1.94. The Bertz CT molecular complexity index is 149. The van der Waals surface area contributed by atoms with Gasteiger partial charge in [-0.25, -0.2) is 0 Å². The summed E-state index contributed by atoms with van der Waals surface area (Å²) in [6.45, 7) is 7.42. The standard InChI is InChI=1S/C12H27NO2/c1-5-6-7-11(10-15-4)13-12(2,3)8-9-14/h11,13-14H,5-10H2,1-4H3. The van der Waals surface area contributed by atoms with Crippen LogP contribution >= 0.6 is 0 Å². The van der Waals surface area contributed by atoms with E-state index < -0.39 is 0 Å². The van der Waals surface area contributed by atoms with Gasteiger partial charge >= 0.3 is 0 Å². The molecule has 1 atom stereocenters. The summed E-state index contributed by atoms with van der Waals surface area (Å²) in [5.74, 6) is 0. The molecule has 0 aliphatic carbocycles. The number of hydrogen-bond donors (Lipinski definition) is 2. The van der Waals surface area contributed by atoms with Gasteiger partial charge in [0.25, 0.3) is 0 Å². The van der Waals surface area contributed by atoms with Gasteiger partial charge in [-0.1, -0.05) is 19.8 Å². The molecule has 3 nitrogen and oxygen atoms in total. The van der Waals surface area contributed by atoms with E-state index in [1.807, 2.05) is 0 Å². The number of hydrogen-bond acceptors (Lipinski definition) is 3. The number of unbranched alkanes of at least 4 members (excludes halogenated alkanes) is 1. The van der Waals surface area contributed by atoms with Gasteiger partial charge in [-0.2, -0.15) is 0 Å². The fraction of sp³-hybridized carbons (Fsp3) is 1.00. The van der Waals surface area contributed by atoms with Crippen LogP contribution in [0.15, 0.2) is 0 Å². The fourth-order valence-corrected chi connectivity index (χ4v) is 1.75. The van der Waals surface area contributed by atoms with Crippen LogP contribution < -0.4 is 5.32 Å². The number of methoxy groups -OCH3 is 1. The molecule has 0 aromatic heterocycles. The van der Waals surface area contributed by atoms with Crippen molar-refractivity contribution in [2.75, 3.05) is 20.3 Å². The number of nitrogens with one attached hydrogen (secondary N) is 1. The molecule has 0 radical (unpaired) electrons. The van der Waals surface area contributed by atoms with Gasteiger partial charge in [0.2, 0.25) is 0 Å². The van der Waals surface area contributed by atoms with Crippen LogP contribution in [0.4, 0.5) is 0 Å². The summed E-state index contributed by atoms with van der Waals surface area (Å²) in [7, 11) is 1.74. The molecule has 0 aromatic carbocycles. The van der Waals surface area contributed by atoms with Crippen LogP contribution in [0.1, 0.15) is 46.5 Å². The van der Waals surface area contributed by atoms with Crippen molar-refractivity contribution in [2.45, 2.75) is 58.0 Å². The fourth-order valence-electron chi connectivity index (χ4n) is 1.75. The molecule has 0 saturated carbocycles. The van der Waals surface area contributed by atoms with Crippen LogP contribution in [0.25, 0.3) is 0 Å². The maximum absolute atomic E-state index is 8.95. The zero-order valence-electron chi connectivity index (χ0n) is 10.7. The molecule has 15 heavy (non-hydrogen) atoms. The molecule has 0 aliphatic heterocycles. The third-order valence-electron chi connectivity index (χ3n) is 2.61. The van der Waals surface area contributed by atoms with E-state index in [9.17, 15) is 0 Å². The van der Waals surface area contributed by atoms with Crippen LogP contribution in [0.3, 0.4) is 0 Å². The molecular weight excluding hydrogens is 190 g/mol. The number of ether oxygens (including phenoxy) is 1. The molecule has 0 aromatic rings. The Morgan fingerprint density at radius 2 is 2.07 bits per heavy atom. The smallest absolute Gasteiger partial charge is 0.0616 e. The molecule has 0 spiro atoms. The lowest BCUT2D eigenvalue weighted by Gasteiger charge is -2.31. The Morgan fingerprint density at radius 3 is 2.53 bits per heavy atom. The van der Waals surface area contributed by atoms with Gasteiger partial charge in [-0.15, -0.1) is 0 Å². The third-order valence-corrected chi connectivity index (χ3v) is 2.61. The topological polar surface area (TPSA) is 41.5 Å². The summed E-state index contributed by atoms with van der Waals surface area (Å²) < 4.78 is 5.20. The highest BCUT2D eigenvalue weighted by Crippen LogP contribution is 2.11. The van der Waals surface area contributed by atoms with E-state index in [1.54, 1.807) is 7.11 Å². The summed E-state index contributed by atoms with van der Waals surface area (Å²) >= 11 is 0. The highest BCUT2D eigenvalue weighted by molar-refractivity contribution is 4.82. The molecule has 92 valence electrons. The van der Waals surface area contributed by atoms with Crippen molar-refractivity contribution < 1.29 is 9.84 Å². The minimum absolute atomic E-state index is 0.00825. The maximum Gasteiger partial charge on any atom is 0.0616 e. The molecule has 0 bridgehead atoms. The Balaban J connectivity index is 4.01. The van der Waals surface area contributed by atoms with Crippen molar-refractivity contribution in [1.29, 1.82) is 0 Å². The zero-order chi connectivity index (χ0) is 11.7. The Labute approximate surface area is 94.2 Å². The lowest BCUT2D eigenvalue weighted by Crippen LogP contribution is -2.48. The second-order valence-electron chi connectivity index (χ2n) is 4.80. The molecule has 0 heterocycles. The minimum Gasteiger partial charge on any atom is -0.396 e. The number of aliphatic hydroxyl groups excluding tert-OH is 1. The van der Waals surface area contributed by atoms with E-state index in [-0.39, 0.29) is 12.1 Å². The van der Waals surface area contributed by atoms with Crippen LogP contribution in [0.2, 0.25) is 0 Å². The average Bonchev–Trinajstić information content (AvgIpc) is 2.14. The first-order chi connectivity index (χ1) is 7.05. The first kappa shape index (κ1) is 14.9. The Morgan fingerprint density at radius 1 is 1.40 bits per heavy atom. The van der Waals surface area contributed by atoms with E-state index in [4.69, 9.17) is 9.84 Å². The van der Waals surface area contributed by atoms with E-state index in [0.29, 0.717) is 6.04 Å². The summed E-state index contributed by atoms with van der Waals surface area (Å²) in [6, 6.07) is 0.400. The van der Waals surface area contributed by atoms with Crippen LogP contribution in [-0.4, -0.2) is 37.0 Å². The highest BCUT2D eigenvalue weighted by Gasteiger charge is 2.21. The molecule has 0 fully saturated rings. The van der Waals surface area contributed by atoms with E-state index in [1.165, 1.54) is 12.8 Å². The number of aliphatic hydroxyl groups is 1. The summed E-state index contributed by atoms with van der Waals surface area (Å²) in [5, 5.41) is 12.5. The molecule has 3 heteroatoms. The summed E-state index contributed by atoms with van der Waals surface area (Å²) in [4.78, 5) is 0. The lowest BCUT2D eigenvalue weighted by molar-refractivity contribution is 0.135. The van der Waals surface area contributed by atoms with Gasteiger partial charge in [-0.3, -0.25) is 0 Å². The van der Waals surface area contributed by atoms with Crippen LogP contribution in [0, 0.1) is 0 Å². The predicted molar refractivity (Wildman–Crippen MR) is 64.1 cm³/mol. The van der Waals surface area contributed by atoms with Crippen molar-refractivity contribution >= 4 is 0 Å². The molecule has 0 saturated heterocycles. The molecule has 2 N–H and O–H groups in total. The summed E-state index contributed by atoms with van der Waals surface area (Å²) in [5.41, 5.74) is -0.00825. The second kappa shape index (κ2) is 8.08. The van der Waals surface area contributed by atoms with Gasteiger partial charge in [0.1, 0.15) is 0 Å². The molecule has 0 aliphatic rings. The van der Waals surface area contributed by atoms with Crippen molar-refractivity contribution in [3.8, 4) is 0 Å². The first-order valence-corrected chi connectivity index (χ1v) is 5.93. The number of rotatable bonds is 9. The minimum atomic E-state index is -0.00825. The van der Waals surface area contributed by atoms with Gasteiger partial charge in [0, 0.05) is 25.3 Å². The zero-order valence-corrected chi connectivity index (χ0v) is 10.7. The van der Waals surface area contributed by atoms with Crippen molar-refractivity contribution in [1.82, 2.24) is 5.32 Å². The van der Waals surface area contributed by atoms with Crippen molar-refractivity contribution in [3.05, 3.63) is 0 Å². The third kappa shape index (κ3) is 7.77. The Hall–Kier alpha value is -0.120. The van der Waals surface area contributed by atoms with Gasteiger partial charge in [0.05, 0.1) is 6.61 Å². The Kier molecular flexibility index (Phi) is 8.02. The van der Waals surface area contributed by atoms with Crippen molar-refractivity contribution in [3.63, 3.8) is 0 Å².